The topological polar surface area (TPSA) is 83.6 Å². The number of aryl methyl sites for hydroxylation is 1. The molecule has 0 aliphatic carbocycles. The molecule has 1 aliphatic rings. The molecule has 7 heteroatoms. The number of thiophene rings is 1. The van der Waals surface area contributed by atoms with Crippen LogP contribution in [0, 0.1) is 12.8 Å². The molecular weight excluding hydrogens is 376 g/mol. The van der Waals surface area contributed by atoms with Crippen molar-refractivity contribution in [3.8, 4) is 10.8 Å². The molecule has 1 aromatic carbocycles. The fourth-order valence-corrected chi connectivity index (χ4v) is 4.30. The van der Waals surface area contributed by atoms with Crippen LogP contribution in [-0.2, 0) is 16.0 Å². The van der Waals surface area contributed by atoms with Gasteiger partial charge in [0.15, 0.2) is 0 Å². The van der Waals surface area contributed by atoms with Gasteiger partial charge in [0.05, 0.1) is 22.9 Å². The van der Waals surface area contributed by atoms with E-state index in [0.717, 1.165) is 10.4 Å². The van der Waals surface area contributed by atoms with Crippen LogP contribution in [0.3, 0.4) is 0 Å². The standard InChI is InChI=1S/C21H20N2O4S/c1-13-17(22-20(27-13)18-8-5-9-28-18)10-19(24)23-11-15(16(12-23)21(25)26)14-6-3-2-4-7-14/h2-9,15-16H,10-12H2,1H3,(H,25,26). The number of benzene rings is 1. The average Bonchev–Trinajstić information content (AvgIpc) is 3.42. The number of likely N-dealkylation sites (tertiary alicyclic amines) is 1. The lowest BCUT2D eigenvalue weighted by molar-refractivity contribution is -0.141. The molecule has 0 radical (unpaired) electrons. The summed E-state index contributed by atoms with van der Waals surface area (Å²) in [6, 6.07) is 13.4. The maximum absolute atomic E-state index is 12.9. The van der Waals surface area contributed by atoms with E-state index in [1.54, 1.807) is 11.8 Å². The van der Waals surface area contributed by atoms with Crippen molar-refractivity contribution in [1.29, 1.82) is 0 Å². The third-order valence-electron chi connectivity index (χ3n) is 5.16. The lowest BCUT2D eigenvalue weighted by Crippen LogP contribution is -2.31. The molecule has 1 amide bonds. The van der Waals surface area contributed by atoms with Crippen LogP contribution >= 0.6 is 11.3 Å². The number of carbonyl (C=O) groups excluding carboxylic acids is 1. The molecule has 1 aliphatic heterocycles. The van der Waals surface area contributed by atoms with E-state index < -0.39 is 11.9 Å². The van der Waals surface area contributed by atoms with Crippen LogP contribution in [0.5, 0.6) is 0 Å². The van der Waals surface area contributed by atoms with E-state index in [1.807, 2.05) is 47.8 Å². The van der Waals surface area contributed by atoms with E-state index in [2.05, 4.69) is 4.98 Å². The summed E-state index contributed by atoms with van der Waals surface area (Å²) in [5.74, 6) is -0.678. The van der Waals surface area contributed by atoms with Crippen molar-refractivity contribution in [1.82, 2.24) is 9.88 Å². The number of carboxylic acid groups (broad SMARTS) is 1. The van der Waals surface area contributed by atoms with Gasteiger partial charge in [0.25, 0.3) is 0 Å². The van der Waals surface area contributed by atoms with Gasteiger partial charge in [0.2, 0.25) is 11.8 Å². The highest BCUT2D eigenvalue weighted by Gasteiger charge is 2.40. The van der Waals surface area contributed by atoms with Crippen LogP contribution in [0.2, 0.25) is 0 Å². The van der Waals surface area contributed by atoms with Gasteiger partial charge in [-0.3, -0.25) is 9.59 Å². The Morgan fingerprint density at radius 1 is 1.21 bits per heavy atom. The molecule has 3 aromatic rings. The summed E-state index contributed by atoms with van der Waals surface area (Å²) < 4.78 is 5.71. The predicted octanol–water partition coefficient (Wildman–Crippen LogP) is 3.58. The zero-order chi connectivity index (χ0) is 19.7. The maximum Gasteiger partial charge on any atom is 0.308 e. The number of carboxylic acids is 1. The summed E-state index contributed by atoms with van der Waals surface area (Å²) in [6.45, 7) is 2.40. The Morgan fingerprint density at radius 2 is 2.00 bits per heavy atom. The third-order valence-corrected chi connectivity index (χ3v) is 6.02. The van der Waals surface area contributed by atoms with Crippen LogP contribution in [0.15, 0.2) is 52.3 Å². The largest absolute Gasteiger partial charge is 0.481 e. The Bertz CT molecular complexity index is 981. The van der Waals surface area contributed by atoms with Crippen molar-refractivity contribution in [2.45, 2.75) is 19.3 Å². The van der Waals surface area contributed by atoms with E-state index in [-0.39, 0.29) is 24.8 Å². The normalized spacial score (nSPS) is 19.1. The van der Waals surface area contributed by atoms with Crippen molar-refractivity contribution in [3.63, 3.8) is 0 Å². The molecule has 0 bridgehead atoms. The number of amides is 1. The first-order valence-electron chi connectivity index (χ1n) is 9.08. The summed E-state index contributed by atoms with van der Waals surface area (Å²) in [6.07, 6.45) is 0.106. The zero-order valence-corrected chi connectivity index (χ0v) is 16.2. The van der Waals surface area contributed by atoms with Crippen LogP contribution in [0.25, 0.3) is 10.8 Å². The first-order chi connectivity index (χ1) is 13.5. The fourth-order valence-electron chi connectivity index (χ4n) is 3.65. The van der Waals surface area contributed by atoms with E-state index in [4.69, 9.17) is 4.42 Å². The van der Waals surface area contributed by atoms with Crippen molar-refractivity contribution in [2.24, 2.45) is 5.92 Å². The quantitative estimate of drug-likeness (QED) is 0.713. The molecule has 2 atom stereocenters. The Hall–Kier alpha value is -2.93. The van der Waals surface area contributed by atoms with E-state index >= 15 is 0 Å². The molecular formula is C21H20N2O4S. The van der Waals surface area contributed by atoms with Gasteiger partial charge < -0.3 is 14.4 Å². The number of aromatic nitrogens is 1. The summed E-state index contributed by atoms with van der Waals surface area (Å²) in [4.78, 5) is 31.6. The minimum Gasteiger partial charge on any atom is -0.481 e. The average molecular weight is 396 g/mol. The number of nitrogens with zero attached hydrogens (tertiary/aromatic N) is 2. The van der Waals surface area contributed by atoms with Gasteiger partial charge in [-0.15, -0.1) is 11.3 Å². The maximum atomic E-state index is 12.9. The van der Waals surface area contributed by atoms with Gasteiger partial charge in [0, 0.05) is 19.0 Å². The minimum atomic E-state index is -0.873. The Morgan fingerprint density at radius 3 is 2.68 bits per heavy atom. The SMILES string of the molecule is Cc1oc(-c2cccs2)nc1CC(=O)N1CC(C(=O)O)C(c2ccccc2)C1. The Balaban J connectivity index is 1.50. The first-order valence-corrected chi connectivity index (χ1v) is 9.96. The fraction of sp³-hybridized carbons (Fsp3) is 0.286. The molecule has 1 N–H and O–H groups in total. The summed E-state index contributed by atoms with van der Waals surface area (Å²) in [5, 5.41) is 11.6. The van der Waals surface area contributed by atoms with Gasteiger partial charge >= 0.3 is 5.97 Å². The van der Waals surface area contributed by atoms with E-state index in [9.17, 15) is 14.7 Å². The molecule has 6 nitrogen and oxygen atoms in total. The summed E-state index contributed by atoms with van der Waals surface area (Å²) >= 11 is 1.53. The van der Waals surface area contributed by atoms with Crippen LogP contribution < -0.4 is 0 Å². The third kappa shape index (κ3) is 3.57. The summed E-state index contributed by atoms with van der Waals surface area (Å²) in [7, 11) is 0. The predicted molar refractivity (Wildman–Crippen MR) is 105 cm³/mol. The molecule has 144 valence electrons. The van der Waals surface area contributed by atoms with Gasteiger partial charge in [-0.05, 0) is 23.9 Å². The lowest BCUT2D eigenvalue weighted by Gasteiger charge is -2.16. The number of hydrogen-bond acceptors (Lipinski definition) is 5. The molecule has 1 fully saturated rings. The van der Waals surface area contributed by atoms with Crippen molar-refractivity contribution < 1.29 is 19.1 Å². The second-order valence-electron chi connectivity index (χ2n) is 6.94. The zero-order valence-electron chi connectivity index (χ0n) is 15.4. The van der Waals surface area contributed by atoms with Crippen molar-refractivity contribution >= 4 is 23.2 Å². The van der Waals surface area contributed by atoms with Crippen LogP contribution in [0.1, 0.15) is 22.9 Å². The van der Waals surface area contributed by atoms with Gasteiger partial charge in [-0.25, -0.2) is 4.98 Å². The number of aliphatic carboxylic acids is 1. The van der Waals surface area contributed by atoms with Crippen molar-refractivity contribution in [2.75, 3.05) is 13.1 Å². The van der Waals surface area contributed by atoms with Crippen LogP contribution in [-0.4, -0.2) is 40.0 Å². The molecule has 3 heterocycles. The van der Waals surface area contributed by atoms with Gasteiger partial charge in [-0.2, -0.15) is 0 Å². The number of carbonyl (C=O) groups is 2. The van der Waals surface area contributed by atoms with Crippen LogP contribution in [0.4, 0.5) is 0 Å². The molecule has 0 saturated carbocycles. The number of rotatable bonds is 5. The lowest BCUT2D eigenvalue weighted by atomic mass is 9.89. The second kappa shape index (κ2) is 7.59. The highest BCUT2D eigenvalue weighted by Crippen LogP contribution is 2.33. The molecule has 4 rings (SSSR count). The summed E-state index contributed by atoms with van der Waals surface area (Å²) in [5.41, 5.74) is 1.55. The monoisotopic (exact) mass is 396 g/mol. The minimum absolute atomic E-state index is 0.106. The van der Waals surface area contributed by atoms with Crippen molar-refractivity contribution in [3.05, 3.63) is 64.9 Å². The number of oxazole rings is 1. The Labute approximate surface area is 166 Å². The first kappa shape index (κ1) is 18.4. The smallest absolute Gasteiger partial charge is 0.308 e. The highest BCUT2D eigenvalue weighted by atomic mass is 32.1. The van der Waals surface area contributed by atoms with Gasteiger partial charge in [-0.1, -0.05) is 36.4 Å². The van der Waals surface area contributed by atoms with E-state index in [0.29, 0.717) is 23.9 Å². The Kier molecular flexibility index (Phi) is 5.00. The molecule has 2 aromatic heterocycles. The van der Waals surface area contributed by atoms with Gasteiger partial charge in [0.1, 0.15) is 5.76 Å². The highest BCUT2D eigenvalue weighted by molar-refractivity contribution is 7.13. The molecule has 0 spiro atoms. The molecule has 28 heavy (non-hydrogen) atoms. The molecule has 1 saturated heterocycles. The number of hydrogen-bond donors (Lipinski definition) is 1. The van der Waals surface area contributed by atoms with E-state index in [1.165, 1.54) is 11.3 Å². The molecule has 2 unspecified atom stereocenters. The second-order valence-corrected chi connectivity index (χ2v) is 7.88.